The number of nitrogens with zero attached hydrogens (tertiary/aromatic N) is 1. The van der Waals surface area contributed by atoms with Gasteiger partial charge in [0.15, 0.2) is 0 Å². The fraction of sp³-hybridized carbons (Fsp3) is 1.00. The van der Waals surface area contributed by atoms with Gasteiger partial charge in [0.25, 0.3) is 0 Å². The van der Waals surface area contributed by atoms with Crippen molar-refractivity contribution in [3.63, 3.8) is 0 Å². The molecule has 2 heteroatoms. The molecular formula is C19H38N2. The van der Waals surface area contributed by atoms with Gasteiger partial charge in [0.1, 0.15) is 0 Å². The van der Waals surface area contributed by atoms with Gasteiger partial charge in [0.2, 0.25) is 0 Å². The summed E-state index contributed by atoms with van der Waals surface area (Å²) >= 11 is 0. The first-order chi connectivity index (χ1) is 10.1. The van der Waals surface area contributed by atoms with Crippen LogP contribution in [-0.2, 0) is 0 Å². The molecule has 2 rings (SSSR count). The van der Waals surface area contributed by atoms with Gasteiger partial charge in [-0.1, -0.05) is 59.8 Å². The average Bonchev–Trinajstić information content (AvgIpc) is 2.48. The zero-order valence-corrected chi connectivity index (χ0v) is 15.0. The van der Waals surface area contributed by atoms with Gasteiger partial charge in [-0.15, -0.1) is 0 Å². The maximum atomic E-state index is 3.99. The summed E-state index contributed by atoms with van der Waals surface area (Å²) in [5.74, 6) is 1.69. The monoisotopic (exact) mass is 294 g/mol. The van der Waals surface area contributed by atoms with Crippen molar-refractivity contribution in [1.82, 2.24) is 10.2 Å². The third-order valence-electron chi connectivity index (χ3n) is 5.94. The van der Waals surface area contributed by atoms with Crippen molar-refractivity contribution >= 4 is 0 Å². The predicted octanol–water partition coefficient (Wildman–Crippen LogP) is 4.45. The van der Waals surface area contributed by atoms with Crippen LogP contribution in [-0.4, -0.2) is 36.1 Å². The Bertz CT molecular complexity index is 290. The third kappa shape index (κ3) is 4.69. The Hall–Kier alpha value is -0.0800. The molecule has 0 bridgehead atoms. The van der Waals surface area contributed by atoms with E-state index < -0.39 is 0 Å². The molecule has 1 aliphatic heterocycles. The van der Waals surface area contributed by atoms with Crippen LogP contribution in [0.2, 0.25) is 0 Å². The average molecular weight is 295 g/mol. The third-order valence-corrected chi connectivity index (χ3v) is 5.94. The Morgan fingerprint density at radius 3 is 2.33 bits per heavy atom. The summed E-state index contributed by atoms with van der Waals surface area (Å²) in [5.41, 5.74) is 0.456. The first kappa shape index (κ1) is 17.3. The smallest absolute Gasteiger partial charge is 0.0309 e. The largest absolute Gasteiger partial charge is 0.308 e. The normalized spacial score (nSPS) is 26.9. The highest BCUT2D eigenvalue weighted by molar-refractivity contribution is 5.00. The number of nitrogens with one attached hydrogen (secondary N) is 1. The molecular weight excluding hydrogens is 256 g/mol. The standard InChI is InChI=1S/C19H38N2/c1-5-17(6-2)14-21-15-19(10-8-7-9-11-19)20-13-18(21)12-16(3)4/h16-18,20H,5-15H2,1-4H3. The van der Waals surface area contributed by atoms with Crippen LogP contribution in [0, 0.1) is 11.8 Å². The molecule has 1 aliphatic carbocycles. The van der Waals surface area contributed by atoms with Crippen LogP contribution in [0.4, 0.5) is 0 Å². The van der Waals surface area contributed by atoms with E-state index in [0.29, 0.717) is 5.54 Å². The van der Waals surface area contributed by atoms with Crippen LogP contribution < -0.4 is 5.32 Å². The highest BCUT2D eigenvalue weighted by Gasteiger charge is 2.40. The van der Waals surface area contributed by atoms with Gasteiger partial charge in [0.05, 0.1) is 0 Å². The highest BCUT2D eigenvalue weighted by Crippen LogP contribution is 2.33. The van der Waals surface area contributed by atoms with E-state index in [4.69, 9.17) is 0 Å². The quantitative estimate of drug-likeness (QED) is 0.779. The lowest BCUT2D eigenvalue weighted by Crippen LogP contribution is -2.65. The summed E-state index contributed by atoms with van der Waals surface area (Å²) < 4.78 is 0. The molecule has 1 heterocycles. The zero-order chi connectivity index (χ0) is 15.3. The number of hydrogen-bond acceptors (Lipinski definition) is 2. The van der Waals surface area contributed by atoms with E-state index in [1.807, 2.05) is 0 Å². The lowest BCUT2D eigenvalue weighted by molar-refractivity contribution is 0.0350. The van der Waals surface area contributed by atoms with Crippen molar-refractivity contribution in [1.29, 1.82) is 0 Å². The van der Waals surface area contributed by atoms with Crippen LogP contribution in [0.5, 0.6) is 0 Å². The second kappa shape index (κ2) is 7.97. The van der Waals surface area contributed by atoms with E-state index >= 15 is 0 Å². The lowest BCUT2D eigenvalue weighted by atomic mass is 9.78. The van der Waals surface area contributed by atoms with Crippen LogP contribution in [0.1, 0.15) is 79.1 Å². The Morgan fingerprint density at radius 2 is 1.76 bits per heavy atom. The van der Waals surface area contributed by atoms with E-state index in [1.54, 1.807) is 0 Å². The number of rotatable bonds is 6. The summed E-state index contributed by atoms with van der Waals surface area (Å²) in [6.45, 7) is 13.3. The van der Waals surface area contributed by atoms with Gasteiger partial charge in [0, 0.05) is 31.2 Å². The fourth-order valence-corrected chi connectivity index (χ4v) is 4.47. The molecule has 0 aromatic carbocycles. The van der Waals surface area contributed by atoms with Crippen molar-refractivity contribution in [3.05, 3.63) is 0 Å². The van der Waals surface area contributed by atoms with E-state index in [2.05, 4.69) is 37.9 Å². The van der Waals surface area contributed by atoms with E-state index in [-0.39, 0.29) is 0 Å². The molecule has 1 spiro atoms. The van der Waals surface area contributed by atoms with E-state index in [1.165, 1.54) is 71.0 Å². The van der Waals surface area contributed by atoms with E-state index in [9.17, 15) is 0 Å². The van der Waals surface area contributed by atoms with Crippen molar-refractivity contribution in [2.75, 3.05) is 19.6 Å². The molecule has 0 amide bonds. The van der Waals surface area contributed by atoms with Crippen molar-refractivity contribution in [2.45, 2.75) is 90.6 Å². The Balaban J connectivity index is 2.03. The van der Waals surface area contributed by atoms with Gasteiger partial charge in [-0.05, 0) is 31.1 Å². The summed E-state index contributed by atoms with van der Waals surface area (Å²) in [6.07, 6.45) is 11.1. The molecule has 1 unspecified atom stereocenters. The molecule has 21 heavy (non-hydrogen) atoms. The highest BCUT2D eigenvalue weighted by atomic mass is 15.3. The van der Waals surface area contributed by atoms with Crippen LogP contribution in [0.25, 0.3) is 0 Å². The Labute approximate surface area is 133 Å². The molecule has 2 fully saturated rings. The molecule has 0 radical (unpaired) electrons. The minimum atomic E-state index is 0.456. The van der Waals surface area contributed by atoms with Gasteiger partial charge >= 0.3 is 0 Å². The molecule has 124 valence electrons. The summed E-state index contributed by atoms with van der Waals surface area (Å²) in [6, 6.07) is 0.762. The van der Waals surface area contributed by atoms with Gasteiger partial charge in [-0.2, -0.15) is 0 Å². The minimum Gasteiger partial charge on any atom is -0.308 e. The molecule has 1 saturated heterocycles. The summed E-state index contributed by atoms with van der Waals surface area (Å²) in [5, 5.41) is 3.99. The first-order valence-electron chi connectivity index (χ1n) is 9.57. The number of hydrogen-bond donors (Lipinski definition) is 1. The molecule has 1 N–H and O–H groups in total. The van der Waals surface area contributed by atoms with E-state index in [0.717, 1.165) is 17.9 Å². The maximum Gasteiger partial charge on any atom is 0.0309 e. The first-order valence-corrected chi connectivity index (χ1v) is 9.57. The number of piperazine rings is 1. The lowest BCUT2D eigenvalue weighted by Gasteiger charge is -2.51. The Morgan fingerprint density at radius 1 is 1.10 bits per heavy atom. The molecule has 2 aliphatic rings. The van der Waals surface area contributed by atoms with Crippen LogP contribution in [0.15, 0.2) is 0 Å². The summed E-state index contributed by atoms with van der Waals surface area (Å²) in [7, 11) is 0. The van der Waals surface area contributed by atoms with Crippen molar-refractivity contribution in [2.24, 2.45) is 11.8 Å². The zero-order valence-electron chi connectivity index (χ0n) is 15.0. The fourth-order valence-electron chi connectivity index (χ4n) is 4.47. The molecule has 0 aromatic heterocycles. The second-order valence-corrected chi connectivity index (χ2v) is 8.12. The summed E-state index contributed by atoms with van der Waals surface area (Å²) in [4.78, 5) is 2.87. The second-order valence-electron chi connectivity index (χ2n) is 8.12. The topological polar surface area (TPSA) is 15.3 Å². The maximum absolute atomic E-state index is 3.99. The van der Waals surface area contributed by atoms with Gasteiger partial charge in [-0.3, -0.25) is 4.90 Å². The molecule has 0 aromatic rings. The molecule has 1 saturated carbocycles. The van der Waals surface area contributed by atoms with Crippen LogP contribution >= 0.6 is 0 Å². The minimum absolute atomic E-state index is 0.456. The van der Waals surface area contributed by atoms with Crippen molar-refractivity contribution < 1.29 is 0 Å². The van der Waals surface area contributed by atoms with Gasteiger partial charge < -0.3 is 5.32 Å². The molecule has 1 atom stereocenters. The Kier molecular flexibility index (Phi) is 6.55. The van der Waals surface area contributed by atoms with Crippen LogP contribution in [0.3, 0.4) is 0 Å². The van der Waals surface area contributed by atoms with Crippen molar-refractivity contribution in [3.8, 4) is 0 Å². The predicted molar refractivity (Wildman–Crippen MR) is 92.7 cm³/mol. The molecule has 2 nitrogen and oxygen atoms in total. The van der Waals surface area contributed by atoms with Gasteiger partial charge in [-0.25, -0.2) is 0 Å². The SMILES string of the molecule is CCC(CC)CN1CC2(CCCCC2)NCC1CC(C)C.